The highest BCUT2D eigenvalue weighted by Crippen LogP contribution is 2.35. The first-order valence-corrected chi connectivity index (χ1v) is 13.9. The number of carbonyl (C=O) groups excluding carboxylic acids is 1. The minimum absolute atomic E-state index is 0.0122. The maximum absolute atomic E-state index is 14.6. The van der Waals surface area contributed by atoms with Gasteiger partial charge >= 0.3 is 0 Å². The Balaban J connectivity index is 1.39. The highest BCUT2D eigenvalue weighted by atomic mass is 32.2. The maximum atomic E-state index is 14.6. The van der Waals surface area contributed by atoms with Gasteiger partial charge in [-0.15, -0.1) is 0 Å². The minimum Gasteiger partial charge on any atom is -0.489 e. The van der Waals surface area contributed by atoms with E-state index >= 15 is 0 Å². The topological polar surface area (TPSA) is 120 Å². The van der Waals surface area contributed by atoms with E-state index < -0.39 is 56.3 Å². The molecule has 0 saturated heterocycles. The summed E-state index contributed by atoms with van der Waals surface area (Å²) >= 11 is 0. The molecule has 0 bridgehead atoms. The molecule has 0 aliphatic carbocycles. The second-order valence-electron chi connectivity index (χ2n) is 8.95. The van der Waals surface area contributed by atoms with Crippen molar-refractivity contribution in [1.82, 2.24) is 20.3 Å². The molecule has 1 aliphatic heterocycles. The number of hydrogen-bond donors (Lipinski definition) is 1. The van der Waals surface area contributed by atoms with Crippen LogP contribution in [-0.4, -0.2) is 48.0 Å². The van der Waals surface area contributed by atoms with E-state index in [1.165, 1.54) is 18.3 Å². The Morgan fingerprint density at radius 1 is 1.17 bits per heavy atom. The first-order valence-electron chi connectivity index (χ1n) is 12.4. The van der Waals surface area contributed by atoms with Crippen LogP contribution in [0.15, 0.2) is 53.6 Å². The summed E-state index contributed by atoms with van der Waals surface area (Å²) in [5.74, 6) is -2.53. The number of pyridine rings is 3. The van der Waals surface area contributed by atoms with Gasteiger partial charge < -0.3 is 14.8 Å². The quantitative estimate of drug-likeness (QED) is 0.300. The van der Waals surface area contributed by atoms with Gasteiger partial charge in [-0.3, -0.25) is 9.78 Å². The van der Waals surface area contributed by atoms with Crippen LogP contribution in [0.25, 0.3) is 22.2 Å². The number of ether oxygens (including phenoxy) is 2. The number of nitrogens with zero attached hydrogens (tertiary/aromatic N) is 3. The maximum Gasteiger partial charge on any atom is 0.280 e. The first-order chi connectivity index (χ1) is 19.6. The van der Waals surface area contributed by atoms with E-state index in [0.29, 0.717) is 27.9 Å². The van der Waals surface area contributed by atoms with Gasteiger partial charge in [-0.2, -0.15) is 0 Å². The average molecular weight is 591 g/mol. The van der Waals surface area contributed by atoms with Crippen LogP contribution in [0.3, 0.4) is 0 Å². The van der Waals surface area contributed by atoms with Gasteiger partial charge in [0, 0.05) is 23.6 Å². The fourth-order valence-electron chi connectivity index (χ4n) is 4.19. The number of carbonyl (C=O) groups is 1. The molecule has 5 rings (SSSR count). The first kappa shape index (κ1) is 28.2. The summed E-state index contributed by atoms with van der Waals surface area (Å²) in [7, 11) is -4.55. The Morgan fingerprint density at radius 3 is 2.73 bits per heavy atom. The molecule has 1 aromatic carbocycles. The van der Waals surface area contributed by atoms with E-state index in [4.69, 9.17) is 9.47 Å². The molecular weight excluding hydrogens is 568 g/mol. The Morgan fingerprint density at radius 2 is 1.98 bits per heavy atom. The van der Waals surface area contributed by atoms with Gasteiger partial charge in [0.15, 0.2) is 11.6 Å². The zero-order valence-electron chi connectivity index (χ0n) is 21.4. The number of benzene rings is 1. The van der Waals surface area contributed by atoms with Crippen molar-refractivity contribution in [2.75, 3.05) is 13.2 Å². The van der Waals surface area contributed by atoms with Crippen LogP contribution in [0, 0.1) is 5.82 Å². The minimum atomic E-state index is -4.55. The second-order valence-corrected chi connectivity index (χ2v) is 11.0. The lowest BCUT2D eigenvalue weighted by molar-refractivity contribution is 0.0949. The molecule has 14 heteroatoms. The predicted molar refractivity (Wildman–Crippen MR) is 139 cm³/mol. The summed E-state index contributed by atoms with van der Waals surface area (Å²) in [5.41, 5.74) is -1.41. The molecule has 1 amide bonds. The molecule has 1 aliphatic rings. The molecule has 9 nitrogen and oxygen atoms in total. The summed E-state index contributed by atoms with van der Waals surface area (Å²) < 4.78 is 90.6. The number of hydrogen-bond acceptors (Lipinski definition) is 8. The fraction of sp³-hybridized carbons (Fsp3) is 0.259. The Labute approximate surface area is 231 Å². The summed E-state index contributed by atoms with van der Waals surface area (Å²) in [6.07, 6.45) is -1.72. The van der Waals surface area contributed by atoms with E-state index in [-0.39, 0.29) is 31.2 Å². The lowest BCUT2D eigenvalue weighted by Gasteiger charge is -2.12. The van der Waals surface area contributed by atoms with Crippen molar-refractivity contribution in [3.8, 4) is 22.9 Å². The lowest BCUT2D eigenvalue weighted by Crippen LogP contribution is -2.24. The molecule has 0 fully saturated rings. The number of fused-ring (bicyclic) bond motifs is 2. The standard InChI is InChI=1S/C27H22F4N4O5S/c1-2-39-27-17(4-6-20(35-27)25(30)31)19-5-3-14-12-32-16(11-21(14)34-19)13-33-26(36)15-9-18(28)24-22(10-15)41(37,38)23(29)7-8-40-24/h3-6,9-12,23,25H,2,7-8,13H2,1H3,(H,33,36)/t23-/m1/s1. The van der Waals surface area contributed by atoms with Gasteiger partial charge in [0.25, 0.3) is 12.3 Å². The zero-order valence-corrected chi connectivity index (χ0v) is 22.2. The number of halogens is 4. The highest BCUT2D eigenvalue weighted by molar-refractivity contribution is 7.92. The van der Waals surface area contributed by atoms with Crippen LogP contribution in [0.2, 0.25) is 0 Å². The van der Waals surface area contributed by atoms with Crippen LogP contribution < -0.4 is 14.8 Å². The molecule has 0 spiro atoms. The normalized spacial score (nSPS) is 16.1. The summed E-state index contributed by atoms with van der Waals surface area (Å²) in [5, 5.41) is 3.18. The largest absolute Gasteiger partial charge is 0.489 e. The molecule has 0 saturated carbocycles. The molecule has 4 heterocycles. The van der Waals surface area contributed by atoms with E-state index in [1.807, 2.05) is 0 Å². The molecule has 4 aromatic rings. The van der Waals surface area contributed by atoms with Gasteiger partial charge in [-0.1, -0.05) is 0 Å². The third-order valence-electron chi connectivity index (χ3n) is 6.23. The molecule has 3 aromatic heterocycles. The Kier molecular flexibility index (Phi) is 7.76. The molecule has 214 valence electrons. The van der Waals surface area contributed by atoms with Gasteiger partial charge in [0.2, 0.25) is 21.2 Å². The number of amides is 1. The SMILES string of the molecule is CCOc1nc(C(F)F)ccc1-c1ccc2cnc(CNC(=O)c3cc(F)c4c(c3)S(=O)(=O)[C@@H](F)CCO4)cc2n1. The van der Waals surface area contributed by atoms with E-state index in [0.717, 1.165) is 12.1 Å². The second kappa shape index (κ2) is 11.3. The number of alkyl halides is 3. The number of aromatic nitrogens is 3. The van der Waals surface area contributed by atoms with Crippen molar-refractivity contribution < 1.29 is 40.2 Å². The molecule has 0 unspecified atom stereocenters. The molecule has 0 radical (unpaired) electrons. The van der Waals surface area contributed by atoms with E-state index in [9.17, 15) is 30.8 Å². The Hall–Kier alpha value is -4.33. The summed E-state index contributed by atoms with van der Waals surface area (Å²) in [4.78, 5) is 24.8. The van der Waals surface area contributed by atoms with Gasteiger partial charge in [0.05, 0.1) is 42.2 Å². The highest BCUT2D eigenvalue weighted by Gasteiger charge is 2.35. The van der Waals surface area contributed by atoms with Gasteiger partial charge in [-0.25, -0.2) is 35.9 Å². The van der Waals surface area contributed by atoms with Crippen LogP contribution in [-0.2, 0) is 16.4 Å². The molecule has 1 atom stereocenters. The third-order valence-corrected chi connectivity index (χ3v) is 8.05. The van der Waals surface area contributed by atoms with Crippen molar-refractivity contribution in [3.63, 3.8) is 0 Å². The molecule has 41 heavy (non-hydrogen) atoms. The average Bonchev–Trinajstić information content (AvgIpc) is 3.06. The van der Waals surface area contributed by atoms with Crippen LogP contribution in [0.1, 0.15) is 41.5 Å². The monoisotopic (exact) mass is 590 g/mol. The van der Waals surface area contributed by atoms with E-state index in [2.05, 4.69) is 20.3 Å². The van der Waals surface area contributed by atoms with Crippen LogP contribution in [0.4, 0.5) is 17.6 Å². The summed E-state index contributed by atoms with van der Waals surface area (Å²) in [6, 6.07) is 9.32. The molecule has 1 N–H and O–H groups in total. The van der Waals surface area contributed by atoms with Gasteiger partial charge in [-0.05, 0) is 49.4 Å². The van der Waals surface area contributed by atoms with E-state index in [1.54, 1.807) is 25.1 Å². The smallest absolute Gasteiger partial charge is 0.280 e. The number of nitrogens with one attached hydrogen (secondary N) is 1. The van der Waals surface area contributed by atoms with Crippen LogP contribution in [0.5, 0.6) is 11.6 Å². The lowest BCUT2D eigenvalue weighted by atomic mass is 10.1. The number of rotatable bonds is 7. The van der Waals surface area contributed by atoms with Crippen molar-refractivity contribution in [3.05, 3.63) is 71.4 Å². The van der Waals surface area contributed by atoms with Crippen molar-refractivity contribution in [2.45, 2.75) is 36.7 Å². The van der Waals surface area contributed by atoms with Crippen molar-refractivity contribution in [2.24, 2.45) is 0 Å². The van der Waals surface area contributed by atoms with Crippen molar-refractivity contribution in [1.29, 1.82) is 0 Å². The Bertz CT molecular complexity index is 1750. The van der Waals surface area contributed by atoms with Crippen molar-refractivity contribution >= 4 is 26.6 Å². The molecular formula is C27H22F4N4O5S. The summed E-state index contributed by atoms with van der Waals surface area (Å²) in [6.45, 7) is 1.44. The zero-order chi connectivity index (χ0) is 29.3. The van der Waals surface area contributed by atoms with Crippen LogP contribution >= 0.6 is 0 Å². The predicted octanol–water partition coefficient (Wildman–Crippen LogP) is 4.95. The third kappa shape index (κ3) is 5.64. The van der Waals surface area contributed by atoms with Gasteiger partial charge in [0.1, 0.15) is 10.6 Å². The fourth-order valence-corrected chi connectivity index (χ4v) is 5.58. The number of sulfone groups is 1.